The second-order valence-electron chi connectivity index (χ2n) is 6.83. The van der Waals surface area contributed by atoms with Crippen molar-refractivity contribution in [2.45, 2.75) is 37.8 Å². The number of carbonyl (C=O) groups excluding carboxylic acids is 1. The topological polar surface area (TPSA) is 96.2 Å². The summed E-state index contributed by atoms with van der Waals surface area (Å²) in [6.45, 7) is 0. The van der Waals surface area contributed by atoms with Gasteiger partial charge in [-0.05, 0) is 49.1 Å². The molecule has 5 atom stereocenters. The lowest BCUT2D eigenvalue weighted by molar-refractivity contribution is -0.134. The number of carbonyl (C=O) groups is 1. The van der Waals surface area contributed by atoms with Crippen molar-refractivity contribution in [1.29, 1.82) is 0 Å². The van der Waals surface area contributed by atoms with Crippen LogP contribution >= 0.6 is 11.6 Å². The predicted octanol–water partition coefficient (Wildman–Crippen LogP) is 3.02. The minimum Gasteiger partial charge on any atom is -0.466 e. The van der Waals surface area contributed by atoms with Crippen molar-refractivity contribution in [3.05, 3.63) is 65.7 Å². The maximum absolute atomic E-state index is 11.0. The third-order valence-electron chi connectivity index (χ3n) is 4.79. The molecular formula is C22H27ClO6. The van der Waals surface area contributed by atoms with E-state index in [1.807, 2.05) is 12.2 Å². The highest BCUT2D eigenvalue weighted by Crippen LogP contribution is 2.36. The lowest BCUT2D eigenvalue weighted by Gasteiger charge is -2.19. The van der Waals surface area contributed by atoms with Crippen LogP contribution in [0.25, 0.3) is 0 Å². The molecule has 0 radical (unpaired) electrons. The number of halogens is 1. The number of esters is 1. The minimum atomic E-state index is -1.18. The van der Waals surface area contributed by atoms with Crippen LogP contribution in [0, 0.1) is 11.8 Å². The van der Waals surface area contributed by atoms with Crippen LogP contribution in [0.3, 0.4) is 0 Å². The van der Waals surface area contributed by atoms with Crippen LogP contribution in [0.4, 0.5) is 0 Å². The number of hydrogen-bond acceptors (Lipinski definition) is 6. The molecule has 29 heavy (non-hydrogen) atoms. The molecule has 1 fully saturated rings. The third-order valence-corrected chi connectivity index (χ3v) is 5.04. The Hall–Kier alpha value is -2.12. The molecule has 0 saturated heterocycles. The fourth-order valence-electron chi connectivity index (χ4n) is 3.28. The van der Waals surface area contributed by atoms with Gasteiger partial charge in [0.15, 0.2) is 0 Å². The molecule has 0 bridgehead atoms. The van der Waals surface area contributed by atoms with Gasteiger partial charge in [-0.3, -0.25) is 0 Å². The molecule has 0 aliphatic heterocycles. The zero-order valence-electron chi connectivity index (χ0n) is 16.2. The number of ether oxygens (including phenoxy) is 2. The van der Waals surface area contributed by atoms with Crippen LogP contribution < -0.4 is 4.74 Å². The summed E-state index contributed by atoms with van der Waals surface area (Å²) in [5.74, 6) is -0.413. The van der Waals surface area contributed by atoms with E-state index in [0.717, 1.165) is 0 Å². The van der Waals surface area contributed by atoms with Crippen LogP contribution in [0.5, 0.6) is 5.75 Å². The van der Waals surface area contributed by atoms with Gasteiger partial charge in [-0.25, -0.2) is 4.79 Å². The fourth-order valence-corrected chi connectivity index (χ4v) is 3.41. The largest absolute Gasteiger partial charge is 0.466 e. The molecular weight excluding hydrogens is 396 g/mol. The van der Waals surface area contributed by atoms with Gasteiger partial charge in [0.1, 0.15) is 5.75 Å². The molecule has 158 valence electrons. The summed E-state index contributed by atoms with van der Waals surface area (Å²) in [5.41, 5.74) is 0. The monoisotopic (exact) mass is 422 g/mol. The van der Waals surface area contributed by atoms with E-state index in [2.05, 4.69) is 4.74 Å². The number of methoxy groups -OCH3 is 1. The van der Waals surface area contributed by atoms with Gasteiger partial charge < -0.3 is 24.8 Å². The minimum absolute atomic E-state index is 0.176. The number of rotatable bonds is 9. The van der Waals surface area contributed by atoms with Crippen molar-refractivity contribution in [1.82, 2.24) is 0 Å². The van der Waals surface area contributed by atoms with E-state index < -0.39 is 24.5 Å². The molecule has 1 aromatic rings. The van der Waals surface area contributed by atoms with Gasteiger partial charge in [0.2, 0.25) is 6.29 Å². The third kappa shape index (κ3) is 7.66. The fraction of sp³-hybridized carbons (Fsp3) is 0.409. The molecule has 0 heterocycles. The second-order valence-corrected chi connectivity index (χ2v) is 7.26. The number of aliphatic hydroxyl groups excluding tert-OH is 3. The molecule has 1 aromatic carbocycles. The van der Waals surface area contributed by atoms with E-state index in [0.29, 0.717) is 23.6 Å². The van der Waals surface area contributed by atoms with Gasteiger partial charge in [0, 0.05) is 23.4 Å². The second kappa shape index (κ2) is 11.8. The number of benzene rings is 1. The Bertz CT molecular complexity index is 727. The molecule has 0 unspecified atom stereocenters. The lowest BCUT2D eigenvalue weighted by atomic mass is 9.90. The molecule has 0 aromatic heterocycles. The van der Waals surface area contributed by atoms with Gasteiger partial charge in [-0.15, -0.1) is 0 Å². The van der Waals surface area contributed by atoms with Crippen LogP contribution in [0.15, 0.2) is 60.7 Å². The van der Waals surface area contributed by atoms with Gasteiger partial charge in [-0.1, -0.05) is 35.9 Å². The van der Waals surface area contributed by atoms with E-state index in [1.165, 1.54) is 19.3 Å². The molecule has 1 aliphatic carbocycles. The normalized spacial score (nSPS) is 25.8. The van der Waals surface area contributed by atoms with E-state index >= 15 is 0 Å². The van der Waals surface area contributed by atoms with Gasteiger partial charge >= 0.3 is 5.97 Å². The van der Waals surface area contributed by atoms with Crippen molar-refractivity contribution in [3.8, 4) is 5.75 Å². The molecule has 3 N–H and O–H groups in total. The highest BCUT2D eigenvalue weighted by molar-refractivity contribution is 6.30. The molecule has 2 rings (SSSR count). The molecule has 7 heteroatoms. The summed E-state index contributed by atoms with van der Waals surface area (Å²) < 4.78 is 9.90. The van der Waals surface area contributed by atoms with Crippen LogP contribution in [-0.2, 0) is 9.53 Å². The highest BCUT2D eigenvalue weighted by Gasteiger charge is 2.39. The average Bonchev–Trinajstić information content (AvgIpc) is 2.97. The molecule has 0 spiro atoms. The lowest BCUT2D eigenvalue weighted by Crippen LogP contribution is -2.21. The van der Waals surface area contributed by atoms with Crippen molar-refractivity contribution in [2.75, 3.05) is 7.11 Å². The average molecular weight is 423 g/mol. The first kappa shape index (κ1) is 23.2. The van der Waals surface area contributed by atoms with Crippen LogP contribution in [0.2, 0.25) is 5.02 Å². The van der Waals surface area contributed by atoms with Gasteiger partial charge in [0.05, 0.1) is 19.3 Å². The maximum atomic E-state index is 11.0. The molecule has 0 amide bonds. The summed E-state index contributed by atoms with van der Waals surface area (Å²) >= 11 is 5.82. The number of allylic oxidation sites excluding steroid dienone is 3. The summed E-state index contributed by atoms with van der Waals surface area (Å²) in [6, 6.07) is 6.62. The summed E-state index contributed by atoms with van der Waals surface area (Å²) in [5, 5.41) is 31.1. The predicted molar refractivity (Wildman–Crippen MR) is 110 cm³/mol. The van der Waals surface area contributed by atoms with E-state index in [1.54, 1.807) is 36.4 Å². The van der Waals surface area contributed by atoms with Gasteiger partial charge in [-0.2, -0.15) is 0 Å². The van der Waals surface area contributed by atoms with Gasteiger partial charge in [0.25, 0.3) is 0 Å². The van der Waals surface area contributed by atoms with E-state index in [4.69, 9.17) is 16.3 Å². The van der Waals surface area contributed by atoms with E-state index in [-0.39, 0.29) is 18.3 Å². The Morgan fingerprint density at radius 1 is 1.21 bits per heavy atom. The van der Waals surface area contributed by atoms with Crippen LogP contribution in [-0.4, -0.2) is 46.9 Å². The Balaban J connectivity index is 1.89. The summed E-state index contributed by atoms with van der Waals surface area (Å²) in [4.78, 5) is 11.0. The van der Waals surface area contributed by atoms with Crippen molar-refractivity contribution < 1.29 is 29.6 Å². The Kier molecular flexibility index (Phi) is 9.41. The maximum Gasteiger partial charge on any atom is 0.330 e. The summed E-state index contributed by atoms with van der Waals surface area (Å²) in [6.07, 6.45) is 8.90. The number of hydrogen-bond donors (Lipinski definition) is 3. The van der Waals surface area contributed by atoms with E-state index in [9.17, 15) is 20.1 Å². The SMILES string of the molecule is COC(=O)/C=C/C/C=C\C[C@@H]1[C@@H](/C=C/[C@@H](O)Oc2ccc(Cl)cc2)[C@H](O)C[C@@H]1O. The highest BCUT2D eigenvalue weighted by atomic mass is 35.5. The zero-order valence-corrected chi connectivity index (χ0v) is 17.0. The quantitative estimate of drug-likeness (QED) is 0.245. The Morgan fingerprint density at radius 3 is 2.62 bits per heavy atom. The van der Waals surface area contributed by atoms with Crippen molar-refractivity contribution in [3.63, 3.8) is 0 Å². The number of aliphatic hydroxyl groups is 3. The smallest absolute Gasteiger partial charge is 0.330 e. The first-order valence-electron chi connectivity index (χ1n) is 9.45. The standard InChI is InChI=1S/C22H27ClO6/c1-28-21(26)7-5-3-2-4-6-17-18(20(25)14-19(17)24)12-13-22(27)29-16-10-8-15(23)9-11-16/h2,4-5,7-13,17-20,22,24-25,27H,3,6,14H2,1H3/b4-2-,7-5+,13-12+/t17-,18-,19+,20-,22+/m1/s1. The molecule has 1 saturated carbocycles. The molecule has 1 aliphatic rings. The zero-order chi connectivity index (χ0) is 21.2. The Labute approximate surface area is 175 Å². The van der Waals surface area contributed by atoms with Crippen molar-refractivity contribution in [2.24, 2.45) is 11.8 Å². The summed E-state index contributed by atoms with van der Waals surface area (Å²) in [7, 11) is 1.32. The Morgan fingerprint density at radius 2 is 1.93 bits per heavy atom. The first-order valence-corrected chi connectivity index (χ1v) is 9.82. The first-order chi connectivity index (χ1) is 13.9. The van der Waals surface area contributed by atoms with Crippen molar-refractivity contribution >= 4 is 17.6 Å². The van der Waals surface area contributed by atoms with Crippen LogP contribution in [0.1, 0.15) is 19.3 Å². The molecule has 6 nitrogen and oxygen atoms in total.